The maximum atomic E-state index is 13.7. The number of fused-ring (bicyclic) bond motifs is 1. The van der Waals surface area contributed by atoms with Crippen LogP contribution >= 0.6 is 0 Å². The third kappa shape index (κ3) is 3.61. The predicted molar refractivity (Wildman–Crippen MR) is 107 cm³/mol. The van der Waals surface area contributed by atoms with Gasteiger partial charge in [0.05, 0.1) is 11.6 Å². The molecule has 0 aliphatic heterocycles. The Morgan fingerprint density at radius 2 is 1.86 bits per heavy atom. The lowest BCUT2D eigenvalue weighted by Crippen LogP contribution is -2.23. The molecule has 0 saturated heterocycles. The molecule has 4 nitrogen and oxygen atoms in total. The number of hydrogen-bond donors (Lipinski definition) is 2. The van der Waals surface area contributed by atoms with Crippen LogP contribution in [-0.2, 0) is 0 Å². The molecule has 1 fully saturated rings. The first-order valence-corrected chi connectivity index (χ1v) is 9.81. The van der Waals surface area contributed by atoms with Gasteiger partial charge in [-0.25, -0.2) is 9.18 Å². The van der Waals surface area contributed by atoms with Crippen molar-refractivity contribution in [3.05, 3.63) is 65.2 Å². The lowest BCUT2D eigenvalue weighted by Gasteiger charge is -2.31. The van der Waals surface area contributed by atoms with Crippen molar-refractivity contribution in [2.45, 2.75) is 45.1 Å². The average molecular weight is 381 g/mol. The first-order valence-electron chi connectivity index (χ1n) is 9.81. The van der Waals surface area contributed by atoms with Gasteiger partial charge in [-0.3, -0.25) is 0 Å². The SMILES string of the molecule is Cc1c(C(Nc2ccc(C(=O)O)cc2)C2CCCCC2)oc2ccc(F)cc12. The Morgan fingerprint density at radius 3 is 2.54 bits per heavy atom. The minimum atomic E-state index is -0.939. The molecular weight excluding hydrogens is 357 g/mol. The van der Waals surface area contributed by atoms with Crippen molar-refractivity contribution in [1.82, 2.24) is 0 Å². The normalized spacial score (nSPS) is 16.2. The molecule has 0 bridgehead atoms. The van der Waals surface area contributed by atoms with E-state index < -0.39 is 5.97 Å². The lowest BCUT2D eigenvalue weighted by molar-refractivity contribution is 0.0697. The van der Waals surface area contributed by atoms with Gasteiger partial charge in [0, 0.05) is 16.6 Å². The van der Waals surface area contributed by atoms with E-state index >= 15 is 0 Å². The fraction of sp³-hybridized carbons (Fsp3) is 0.348. The number of aromatic carboxylic acids is 1. The number of furan rings is 1. The van der Waals surface area contributed by atoms with Gasteiger partial charge in [0.2, 0.25) is 0 Å². The van der Waals surface area contributed by atoms with Crippen molar-refractivity contribution < 1.29 is 18.7 Å². The number of carbonyl (C=O) groups is 1. The molecule has 5 heteroatoms. The van der Waals surface area contributed by atoms with Crippen molar-refractivity contribution in [3.63, 3.8) is 0 Å². The van der Waals surface area contributed by atoms with E-state index in [1.807, 2.05) is 6.92 Å². The molecule has 0 radical (unpaired) electrons. The van der Waals surface area contributed by atoms with Crippen molar-refractivity contribution in [2.75, 3.05) is 5.32 Å². The third-order valence-corrected chi connectivity index (χ3v) is 5.79. The van der Waals surface area contributed by atoms with Crippen molar-refractivity contribution >= 4 is 22.6 Å². The highest BCUT2D eigenvalue weighted by Crippen LogP contribution is 2.40. The maximum Gasteiger partial charge on any atom is 0.335 e. The monoisotopic (exact) mass is 381 g/mol. The maximum absolute atomic E-state index is 13.7. The number of benzene rings is 2. The standard InChI is InChI=1S/C23H24FNO3/c1-14-19-13-17(24)9-12-20(19)28-22(14)21(15-5-3-2-4-6-15)25-18-10-7-16(8-11-18)23(26)27/h7-13,15,21,25H,2-6H2,1H3,(H,26,27). The number of carboxylic acid groups (broad SMARTS) is 1. The molecule has 1 aliphatic rings. The first kappa shape index (κ1) is 18.5. The van der Waals surface area contributed by atoms with Gasteiger partial charge >= 0.3 is 5.97 Å². The van der Waals surface area contributed by atoms with Gasteiger partial charge in [-0.2, -0.15) is 0 Å². The van der Waals surface area contributed by atoms with E-state index in [9.17, 15) is 9.18 Å². The van der Waals surface area contributed by atoms with Gasteiger partial charge in [0.25, 0.3) is 0 Å². The van der Waals surface area contributed by atoms with E-state index in [0.29, 0.717) is 11.5 Å². The van der Waals surface area contributed by atoms with Crippen molar-refractivity contribution in [2.24, 2.45) is 5.92 Å². The summed E-state index contributed by atoms with van der Waals surface area (Å²) in [7, 11) is 0. The number of halogens is 1. The minimum Gasteiger partial charge on any atom is -0.478 e. The molecule has 2 N–H and O–H groups in total. The van der Waals surface area contributed by atoms with Crippen LogP contribution in [0.15, 0.2) is 46.9 Å². The number of hydrogen-bond acceptors (Lipinski definition) is 3. The molecule has 1 saturated carbocycles. The minimum absolute atomic E-state index is 0.0357. The number of anilines is 1. The second-order valence-electron chi connectivity index (χ2n) is 7.63. The van der Waals surface area contributed by atoms with Gasteiger partial charge < -0.3 is 14.8 Å². The molecule has 4 rings (SSSR count). The number of aryl methyl sites for hydroxylation is 1. The fourth-order valence-electron chi connectivity index (χ4n) is 4.26. The van der Waals surface area contributed by atoms with Crippen LogP contribution < -0.4 is 5.32 Å². The van der Waals surface area contributed by atoms with Crippen LogP contribution in [0.1, 0.15) is 59.8 Å². The summed E-state index contributed by atoms with van der Waals surface area (Å²) in [6.07, 6.45) is 5.84. The predicted octanol–water partition coefficient (Wildman–Crippen LogP) is 6.31. The smallest absolute Gasteiger partial charge is 0.335 e. The summed E-state index contributed by atoms with van der Waals surface area (Å²) in [4.78, 5) is 11.1. The molecule has 28 heavy (non-hydrogen) atoms. The van der Waals surface area contributed by atoms with Crippen LogP contribution in [0, 0.1) is 18.7 Å². The fourth-order valence-corrected chi connectivity index (χ4v) is 4.26. The summed E-state index contributed by atoms with van der Waals surface area (Å²) in [6, 6.07) is 11.4. The van der Waals surface area contributed by atoms with E-state index in [0.717, 1.165) is 35.2 Å². The topological polar surface area (TPSA) is 62.5 Å². The highest BCUT2D eigenvalue weighted by atomic mass is 19.1. The van der Waals surface area contributed by atoms with Gasteiger partial charge in [0.15, 0.2) is 0 Å². The van der Waals surface area contributed by atoms with Gasteiger partial charge in [-0.1, -0.05) is 19.3 Å². The largest absolute Gasteiger partial charge is 0.478 e. The molecule has 2 aromatic carbocycles. The zero-order valence-electron chi connectivity index (χ0n) is 15.9. The van der Waals surface area contributed by atoms with Crippen molar-refractivity contribution in [1.29, 1.82) is 0 Å². The highest BCUT2D eigenvalue weighted by Gasteiger charge is 2.30. The highest BCUT2D eigenvalue weighted by molar-refractivity contribution is 5.88. The summed E-state index contributed by atoms with van der Waals surface area (Å²) in [5, 5.41) is 13.5. The quantitative estimate of drug-likeness (QED) is 0.543. The molecular formula is C23H24FNO3. The Bertz CT molecular complexity index is 987. The first-order chi connectivity index (χ1) is 13.5. The molecule has 1 aliphatic carbocycles. The second-order valence-corrected chi connectivity index (χ2v) is 7.63. The van der Waals surface area contributed by atoms with E-state index in [4.69, 9.17) is 9.52 Å². The van der Waals surface area contributed by atoms with Crippen molar-refractivity contribution in [3.8, 4) is 0 Å². The van der Waals surface area contributed by atoms with Crippen LogP contribution in [0.3, 0.4) is 0 Å². The summed E-state index contributed by atoms with van der Waals surface area (Å²) < 4.78 is 19.9. The van der Waals surface area contributed by atoms with E-state index in [1.165, 1.54) is 31.4 Å². The summed E-state index contributed by atoms with van der Waals surface area (Å²) >= 11 is 0. The second kappa shape index (κ2) is 7.66. The van der Waals surface area contributed by atoms with Crippen LogP contribution in [0.2, 0.25) is 0 Å². The third-order valence-electron chi connectivity index (χ3n) is 5.79. The number of carboxylic acids is 1. The van der Waals surface area contributed by atoms with E-state index in [2.05, 4.69) is 5.32 Å². The summed E-state index contributed by atoms with van der Waals surface area (Å²) in [5.74, 6) is 0.0479. The molecule has 0 spiro atoms. The zero-order valence-corrected chi connectivity index (χ0v) is 15.9. The van der Waals surface area contributed by atoms with Gasteiger partial charge in [-0.05, 0) is 68.1 Å². The summed E-state index contributed by atoms with van der Waals surface area (Å²) in [5.41, 5.74) is 2.76. The summed E-state index contributed by atoms with van der Waals surface area (Å²) in [6.45, 7) is 1.98. The Kier molecular flexibility index (Phi) is 5.07. The van der Waals surface area contributed by atoms with Gasteiger partial charge in [0.1, 0.15) is 17.2 Å². The van der Waals surface area contributed by atoms with Crippen LogP contribution in [0.4, 0.5) is 10.1 Å². The number of nitrogens with one attached hydrogen (secondary N) is 1. The van der Waals surface area contributed by atoms with Crippen LogP contribution in [0.5, 0.6) is 0 Å². The molecule has 1 unspecified atom stereocenters. The van der Waals surface area contributed by atoms with E-state index in [-0.39, 0.29) is 17.4 Å². The van der Waals surface area contributed by atoms with Gasteiger partial charge in [-0.15, -0.1) is 0 Å². The Hall–Kier alpha value is -2.82. The van der Waals surface area contributed by atoms with Crippen LogP contribution in [-0.4, -0.2) is 11.1 Å². The lowest BCUT2D eigenvalue weighted by atomic mass is 9.82. The van der Waals surface area contributed by atoms with E-state index in [1.54, 1.807) is 30.3 Å². The molecule has 146 valence electrons. The Morgan fingerprint density at radius 1 is 1.14 bits per heavy atom. The molecule has 1 aromatic heterocycles. The zero-order chi connectivity index (χ0) is 19.7. The van der Waals surface area contributed by atoms with Crippen LogP contribution in [0.25, 0.3) is 11.0 Å². The Labute approximate surface area is 163 Å². The molecule has 1 atom stereocenters. The molecule has 1 heterocycles. The average Bonchev–Trinajstić information content (AvgIpc) is 3.03. The Balaban J connectivity index is 1.71. The number of rotatable bonds is 5. The molecule has 0 amide bonds. The molecule has 3 aromatic rings.